The molecule has 132 valence electrons. The Balaban J connectivity index is 1.84. The zero-order chi connectivity index (χ0) is 17.7. The lowest BCUT2D eigenvalue weighted by molar-refractivity contribution is -0.150. The maximum Gasteiger partial charge on any atom is 0.351 e. The maximum atomic E-state index is 11.8. The Morgan fingerprint density at radius 2 is 2.21 bits per heavy atom. The summed E-state index contributed by atoms with van der Waals surface area (Å²) in [6.45, 7) is -0.180. The zero-order valence-electron chi connectivity index (χ0n) is 12.8. The number of aliphatic hydroxyl groups excluding tert-OH is 1. The van der Waals surface area contributed by atoms with Gasteiger partial charge in [-0.2, -0.15) is 4.98 Å². The van der Waals surface area contributed by atoms with Crippen molar-refractivity contribution in [3.8, 4) is 0 Å². The number of aliphatic hydroxyl groups is 1. The predicted molar refractivity (Wildman–Crippen MR) is 79.9 cm³/mol. The molecule has 10 nitrogen and oxygen atoms in total. The molecule has 1 aromatic rings. The van der Waals surface area contributed by atoms with Gasteiger partial charge < -0.3 is 25.4 Å². The second-order valence-corrected chi connectivity index (χ2v) is 5.40. The zero-order valence-corrected chi connectivity index (χ0v) is 12.8. The third-order valence-electron chi connectivity index (χ3n) is 3.55. The van der Waals surface area contributed by atoms with Gasteiger partial charge in [0.25, 0.3) is 0 Å². The maximum absolute atomic E-state index is 11.8. The highest BCUT2D eigenvalue weighted by Gasteiger charge is 2.36. The van der Waals surface area contributed by atoms with Gasteiger partial charge >= 0.3 is 17.6 Å². The summed E-state index contributed by atoms with van der Waals surface area (Å²) >= 11 is 0. The second-order valence-electron chi connectivity index (χ2n) is 5.40. The fourth-order valence-corrected chi connectivity index (χ4v) is 2.31. The standard InChI is InChI=1S/C14H19N3O7/c15-10-4-5-17(14(22)16-10)11-6-8(18)9(24-11)7-23-13(21)3-1-2-12(19)20/h4-5,8-9,11,18H,1-3,6-7H2,(H,19,20)(H2,15,16,22)/t8-,9+,11+/m0/s1. The number of nitrogen functional groups attached to an aromatic ring is 1. The largest absolute Gasteiger partial charge is 0.481 e. The molecule has 1 aromatic heterocycles. The molecule has 2 heterocycles. The average molecular weight is 341 g/mol. The van der Waals surface area contributed by atoms with E-state index >= 15 is 0 Å². The lowest BCUT2D eigenvalue weighted by atomic mass is 10.2. The van der Waals surface area contributed by atoms with Gasteiger partial charge in [0.15, 0.2) is 0 Å². The van der Waals surface area contributed by atoms with E-state index in [0.717, 1.165) is 0 Å². The monoisotopic (exact) mass is 341 g/mol. The first-order valence-electron chi connectivity index (χ1n) is 7.42. The molecule has 0 spiro atoms. The van der Waals surface area contributed by atoms with Crippen molar-refractivity contribution in [2.24, 2.45) is 0 Å². The molecule has 10 heteroatoms. The fraction of sp³-hybridized carbons (Fsp3) is 0.571. The highest BCUT2D eigenvalue weighted by molar-refractivity contribution is 5.71. The van der Waals surface area contributed by atoms with Crippen molar-refractivity contribution < 1.29 is 29.3 Å². The minimum absolute atomic E-state index is 0.0279. The first kappa shape index (κ1) is 17.9. The van der Waals surface area contributed by atoms with Gasteiger partial charge in [-0.25, -0.2) is 4.79 Å². The van der Waals surface area contributed by atoms with Crippen LogP contribution in [0.4, 0.5) is 5.82 Å². The number of hydrogen-bond donors (Lipinski definition) is 3. The number of carbonyl (C=O) groups excluding carboxylic acids is 1. The Morgan fingerprint density at radius 1 is 1.46 bits per heavy atom. The van der Waals surface area contributed by atoms with Crippen LogP contribution in [0.25, 0.3) is 0 Å². The third-order valence-corrected chi connectivity index (χ3v) is 3.55. The molecule has 2 rings (SSSR count). The summed E-state index contributed by atoms with van der Waals surface area (Å²) in [5.74, 6) is -1.47. The number of anilines is 1. The number of aliphatic carboxylic acids is 1. The summed E-state index contributed by atoms with van der Waals surface area (Å²) in [7, 11) is 0. The van der Waals surface area contributed by atoms with E-state index in [9.17, 15) is 19.5 Å². The highest BCUT2D eigenvalue weighted by Crippen LogP contribution is 2.27. The fourth-order valence-electron chi connectivity index (χ4n) is 2.31. The van der Waals surface area contributed by atoms with Crippen LogP contribution in [0.3, 0.4) is 0 Å². The number of carboxylic acids is 1. The lowest BCUT2D eigenvalue weighted by Crippen LogP contribution is -2.29. The van der Waals surface area contributed by atoms with Crippen molar-refractivity contribution in [3.63, 3.8) is 0 Å². The van der Waals surface area contributed by atoms with Crippen LogP contribution >= 0.6 is 0 Å². The van der Waals surface area contributed by atoms with E-state index in [1.807, 2.05) is 0 Å². The molecule has 0 aliphatic carbocycles. The quantitative estimate of drug-likeness (QED) is 0.544. The van der Waals surface area contributed by atoms with Gasteiger partial charge in [-0.3, -0.25) is 14.2 Å². The van der Waals surface area contributed by atoms with Gasteiger partial charge in [0.2, 0.25) is 0 Å². The normalized spacial score (nSPS) is 23.1. The van der Waals surface area contributed by atoms with Crippen molar-refractivity contribution >= 4 is 17.8 Å². The Kier molecular flexibility index (Phi) is 5.88. The van der Waals surface area contributed by atoms with Crippen molar-refractivity contribution in [3.05, 3.63) is 22.7 Å². The van der Waals surface area contributed by atoms with Gasteiger partial charge in [0.1, 0.15) is 24.8 Å². The number of ether oxygens (including phenoxy) is 2. The van der Waals surface area contributed by atoms with Crippen molar-refractivity contribution in [2.75, 3.05) is 12.3 Å². The first-order chi connectivity index (χ1) is 11.4. The molecule has 0 radical (unpaired) electrons. The number of nitrogens with zero attached hydrogens (tertiary/aromatic N) is 2. The molecule has 0 saturated carbocycles. The average Bonchev–Trinajstić information content (AvgIpc) is 2.85. The van der Waals surface area contributed by atoms with Crippen LogP contribution < -0.4 is 11.4 Å². The van der Waals surface area contributed by atoms with Gasteiger partial charge in [0.05, 0.1) is 6.10 Å². The number of carbonyl (C=O) groups is 2. The molecule has 4 N–H and O–H groups in total. The molecule has 3 atom stereocenters. The minimum Gasteiger partial charge on any atom is -0.481 e. The van der Waals surface area contributed by atoms with Gasteiger partial charge in [-0.05, 0) is 12.5 Å². The van der Waals surface area contributed by atoms with Gasteiger partial charge in [-0.15, -0.1) is 0 Å². The Labute approximate surface area is 136 Å². The number of esters is 1. The van der Waals surface area contributed by atoms with Crippen LogP contribution in [0, 0.1) is 0 Å². The van der Waals surface area contributed by atoms with E-state index in [-0.39, 0.29) is 38.1 Å². The molecule has 1 aliphatic heterocycles. The predicted octanol–water partition coefficient (Wildman–Crippen LogP) is -0.728. The summed E-state index contributed by atoms with van der Waals surface area (Å²) in [6.07, 6.45) is -0.815. The van der Waals surface area contributed by atoms with Crippen LogP contribution in [0.2, 0.25) is 0 Å². The number of hydrogen-bond acceptors (Lipinski definition) is 8. The van der Waals surface area contributed by atoms with E-state index < -0.39 is 36.1 Å². The summed E-state index contributed by atoms with van der Waals surface area (Å²) in [6, 6.07) is 1.44. The molecule has 0 amide bonds. The number of nitrogens with two attached hydrogens (primary N) is 1. The summed E-state index contributed by atoms with van der Waals surface area (Å²) in [5, 5.41) is 18.5. The molecular formula is C14H19N3O7. The van der Waals surface area contributed by atoms with E-state index in [2.05, 4.69) is 4.98 Å². The SMILES string of the molecule is Nc1ccn([C@H]2C[C@H](O)[C@@H](COC(=O)CCCC(=O)O)O2)c(=O)n1. The Morgan fingerprint density at radius 3 is 2.88 bits per heavy atom. The smallest absolute Gasteiger partial charge is 0.351 e. The Hall–Kier alpha value is -2.46. The molecule has 0 bridgehead atoms. The van der Waals surface area contributed by atoms with Crippen LogP contribution in [0.1, 0.15) is 31.9 Å². The minimum atomic E-state index is -0.984. The highest BCUT2D eigenvalue weighted by atomic mass is 16.6. The molecule has 1 fully saturated rings. The van der Waals surface area contributed by atoms with Crippen LogP contribution in [-0.4, -0.2) is 50.5 Å². The van der Waals surface area contributed by atoms with E-state index in [0.29, 0.717) is 0 Å². The van der Waals surface area contributed by atoms with Gasteiger partial charge in [-0.1, -0.05) is 0 Å². The van der Waals surface area contributed by atoms with E-state index in [1.165, 1.54) is 16.8 Å². The summed E-state index contributed by atoms with van der Waals surface area (Å²) < 4.78 is 11.7. The van der Waals surface area contributed by atoms with Crippen molar-refractivity contribution in [1.29, 1.82) is 0 Å². The molecule has 0 unspecified atom stereocenters. The molecule has 24 heavy (non-hydrogen) atoms. The number of aromatic nitrogens is 2. The Bertz CT molecular complexity index is 660. The molecule has 1 saturated heterocycles. The van der Waals surface area contributed by atoms with E-state index in [4.69, 9.17) is 20.3 Å². The topological polar surface area (TPSA) is 154 Å². The molecular weight excluding hydrogens is 322 g/mol. The number of carboxylic acid groups (broad SMARTS) is 1. The van der Waals surface area contributed by atoms with Crippen LogP contribution in [0.5, 0.6) is 0 Å². The lowest BCUT2D eigenvalue weighted by Gasteiger charge is -2.16. The van der Waals surface area contributed by atoms with Crippen molar-refractivity contribution in [1.82, 2.24) is 9.55 Å². The second kappa shape index (κ2) is 7.88. The van der Waals surface area contributed by atoms with Gasteiger partial charge in [0, 0.05) is 25.5 Å². The first-order valence-corrected chi connectivity index (χ1v) is 7.42. The molecule has 1 aliphatic rings. The summed E-state index contributed by atoms with van der Waals surface area (Å²) in [5.41, 5.74) is 4.81. The van der Waals surface area contributed by atoms with Crippen LogP contribution in [0.15, 0.2) is 17.1 Å². The van der Waals surface area contributed by atoms with E-state index in [1.54, 1.807) is 0 Å². The van der Waals surface area contributed by atoms with Crippen LogP contribution in [-0.2, 0) is 19.1 Å². The summed E-state index contributed by atoms with van der Waals surface area (Å²) in [4.78, 5) is 37.2. The molecule has 0 aromatic carbocycles. The van der Waals surface area contributed by atoms with Crippen molar-refractivity contribution in [2.45, 2.75) is 44.1 Å². The third kappa shape index (κ3) is 4.77. The number of rotatable bonds is 7.